The van der Waals surface area contributed by atoms with E-state index in [9.17, 15) is 8.42 Å². The Bertz CT molecular complexity index is 556. The molecule has 0 spiro atoms. The lowest BCUT2D eigenvalue weighted by molar-refractivity contribution is 0.243. The van der Waals surface area contributed by atoms with Crippen LogP contribution in [0.2, 0.25) is 0 Å². The molecule has 0 amide bonds. The molecular weight excluding hydrogens is 262 g/mol. The van der Waals surface area contributed by atoms with Crippen LogP contribution in [-0.4, -0.2) is 32.6 Å². The summed E-state index contributed by atoms with van der Waals surface area (Å²) in [5.41, 5.74) is 1.15. The summed E-state index contributed by atoms with van der Waals surface area (Å²) in [7, 11) is -2.85. The van der Waals surface area contributed by atoms with Crippen molar-refractivity contribution in [2.45, 2.75) is 31.3 Å². The molecule has 0 saturated carbocycles. The molecule has 1 saturated heterocycles. The van der Waals surface area contributed by atoms with E-state index in [1.54, 1.807) is 0 Å². The second-order valence-corrected chi connectivity index (χ2v) is 7.58. The number of nitrogens with one attached hydrogen (secondary N) is 1. The van der Waals surface area contributed by atoms with E-state index in [1.807, 2.05) is 18.2 Å². The van der Waals surface area contributed by atoms with Crippen LogP contribution in [-0.2, 0) is 9.84 Å². The minimum atomic E-state index is -2.85. The molecule has 0 aromatic heterocycles. The van der Waals surface area contributed by atoms with Gasteiger partial charge >= 0.3 is 0 Å². The molecule has 2 aliphatic rings. The van der Waals surface area contributed by atoms with Crippen molar-refractivity contribution >= 4 is 9.84 Å². The smallest absolute Gasteiger partial charge is 0.151 e. The summed E-state index contributed by atoms with van der Waals surface area (Å²) in [6.45, 7) is 0.689. The van der Waals surface area contributed by atoms with E-state index in [2.05, 4.69) is 11.4 Å². The monoisotopic (exact) mass is 281 g/mol. The molecular formula is C14H19NO3S. The SMILES string of the molecule is O=S1(=O)CCCC(NC2CCOc3ccccc32)C1. The number of rotatable bonds is 2. The normalized spacial score (nSPS) is 29.3. The summed E-state index contributed by atoms with van der Waals surface area (Å²) in [4.78, 5) is 0. The van der Waals surface area contributed by atoms with Crippen LogP contribution in [0.3, 0.4) is 0 Å². The third-order valence-corrected chi connectivity index (χ3v) is 5.68. The van der Waals surface area contributed by atoms with Crippen LogP contribution in [0, 0.1) is 0 Å². The number of hydrogen-bond donors (Lipinski definition) is 1. The average molecular weight is 281 g/mol. The Morgan fingerprint density at radius 1 is 1.21 bits per heavy atom. The van der Waals surface area contributed by atoms with Crippen LogP contribution in [0.5, 0.6) is 5.75 Å². The number of para-hydroxylation sites is 1. The molecule has 0 radical (unpaired) electrons. The van der Waals surface area contributed by atoms with E-state index in [4.69, 9.17) is 4.74 Å². The van der Waals surface area contributed by atoms with Crippen LogP contribution >= 0.6 is 0 Å². The average Bonchev–Trinajstić information content (AvgIpc) is 2.38. The Balaban J connectivity index is 1.74. The minimum Gasteiger partial charge on any atom is -0.493 e. The number of ether oxygens (including phenoxy) is 1. The van der Waals surface area contributed by atoms with Crippen molar-refractivity contribution in [1.82, 2.24) is 5.32 Å². The van der Waals surface area contributed by atoms with Crippen molar-refractivity contribution in [2.75, 3.05) is 18.1 Å². The first-order valence-corrected chi connectivity index (χ1v) is 8.64. The van der Waals surface area contributed by atoms with E-state index < -0.39 is 9.84 Å². The molecule has 2 heterocycles. The van der Waals surface area contributed by atoms with E-state index in [1.165, 1.54) is 0 Å². The first-order valence-electron chi connectivity index (χ1n) is 6.82. The van der Waals surface area contributed by atoms with Crippen LogP contribution in [0.25, 0.3) is 0 Å². The molecule has 104 valence electrons. The van der Waals surface area contributed by atoms with Gasteiger partial charge in [0.15, 0.2) is 9.84 Å². The summed E-state index contributed by atoms with van der Waals surface area (Å²) in [6.07, 6.45) is 2.61. The Morgan fingerprint density at radius 2 is 2.05 bits per heavy atom. The van der Waals surface area contributed by atoms with Gasteiger partial charge in [0.05, 0.1) is 18.1 Å². The first-order chi connectivity index (χ1) is 9.14. The van der Waals surface area contributed by atoms with E-state index in [0.29, 0.717) is 12.4 Å². The molecule has 4 nitrogen and oxygen atoms in total. The molecule has 5 heteroatoms. The van der Waals surface area contributed by atoms with Crippen molar-refractivity contribution in [1.29, 1.82) is 0 Å². The molecule has 19 heavy (non-hydrogen) atoms. The first kappa shape index (κ1) is 12.9. The third kappa shape index (κ3) is 2.92. The van der Waals surface area contributed by atoms with E-state index in [-0.39, 0.29) is 17.8 Å². The van der Waals surface area contributed by atoms with Crippen molar-refractivity contribution in [2.24, 2.45) is 0 Å². The molecule has 0 bridgehead atoms. The fourth-order valence-electron chi connectivity index (χ4n) is 2.95. The number of fused-ring (bicyclic) bond motifs is 1. The number of benzene rings is 1. The van der Waals surface area contributed by atoms with Crippen molar-refractivity contribution in [3.05, 3.63) is 29.8 Å². The maximum atomic E-state index is 11.7. The molecule has 2 atom stereocenters. The van der Waals surface area contributed by atoms with Crippen LogP contribution in [0.1, 0.15) is 30.9 Å². The van der Waals surface area contributed by atoms with E-state index in [0.717, 1.165) is 30.6 Å². The van der Waals surface area contributed by atoms with Gasteiger partial charge < -0.3 is 10.1 Å². The van der Waals surface area contributed by atoms with Gasteiger partial charge in [0.25, 0.3) is 0 Å². The van der Waals surface area contributed by atoms with Gasteiger partial charge in [-0.3, -0.25) is 0 Å². The fourth-order valence-corrected chi connectivity index (χ4v) is 4.60. The second-order valence-electron chi connectivity index (χ2n) is 5.35. The summed E-state index contributed by atoms with van der Waals surface area (Å²) in [5.74, 6) is 1.53. The largest absolute Gasteiger partial charge is 0.493 e. The van der Waals surface area contributed by atoms with Crippen LogP contribution < -0.4 is 10.1 Å². The molecule has 1 fully saturated rings. The van der Waals surface area contributed by atoms with Crippen LogP contribution in [0.4, 0.5) is 0 Å². The fraction of sp³-hybridized carbons (Fsp3) is 0.571. The number of sulfone groups is 1. The maximum Gasteiger partial charge on any atom is 0.151 e. The summed E-state index contributed by atoms with van der Waals surface area (Å²) in [6, 6.07) is 8.29. The highest BCUT2D eigenvalue weighted by Crippen LogP contribution is 2.32. The predicted octanol–water partition coefficient (Wildman–Crippen LogP) is 1.68. The van der Waals surface area contributed by atoms with E-state index >= 15 is 0 Å². The molecule has 1 N–H and O–H groups in total. The molecule has 0 aliphatic carbocycles. The van der Waals surface area contributed by atoms with Gasteiger partial charge in [-0.05, 0) is 18.9 Å². The standard InChI is InChI=1S/C14H19NO3S/c16-19(17)9-3-4-11(10-19)15-13-7-8-18-14-6-2-1-5-12(13)14/h1-2,5-6,11,13,15H,3-4,7-10H2. The highest BCUT2D eigenvalue weighted by atomic mass is 32.2. The Kier molecular flexibility index (Phi) is 3.50. The zero-order valence-electron chi connectivity index (χ0n) is 10.8. The summed E-state index contributed by atoms with van der Waals surface area (Å²) >= 11 is 0. The van der Waals surface area contributed by atoms with Crippen LogP contribution in [0.15, 0.2) is 24.3 Å². The Hall–Kier alpha value is -1.07. The van der Waals surface area contributed by atoms with Crippen molar-refractivity contribution in [3.8, 4) is 5.75 Å². The Morgan fingerprint density at radius 3 is 2.89 bits per heavy atom. The van der Waals surface area contributed by atoms with Crippen molar-refractivity contribution in [3.63, 3.8) is 0 Å². The molecule has 2 aliphatic heterocycles. The minimum absolute atomic E-state index is 0.0786. The zero-order chi connectivity index (χ0) is 13.3. The molecule has 1 aromatic rings. The summed E-state index contributed by atoms with van der Waals surface area (Å²) in [5, 5.41) is 3.51. The molecule has 1 aromatic carbocycles. The van der Waals surface area contributed by atoms with Gasteiger partial charge in [0.2, 0.25) is 0 Å². The Labute approximate surface area is 114 Å². The lowest BCUT2D eigenvalue weighted by Crippen LogP contribution is -2.43. The van der Waals surface area contributed by atoms with Gasteiger partial charge in [-0.25, -0.2) is 8.42 Å². The van der Waals surface area contributed by atoms with Gasteiger partial charge in [0, 0.05) is 24.1 Å². The zero-order valence-corrected chi connectivity index (χ0v) is 11.7. The van der Waals surface area contributed by atoms with Gasteiger partial charge in [-0.2, -0.15) is 0 Å². The highest BCUT2D eigenvalue weighted by Gasteiger charge is 2.29. The quantitative estimate of drug-likeness (QED) is 0.896. The maximum absolute atomic E-state index is 11.7. The predicted molar refractivity (Wildman–Crippen MR) is 74.1 cm³/mol. The van der Waals surface area contributed by atoms with Crippen molar-refractivity contribution < 1.29 is 13.2 Å². The summed E-state index contributed by atoms with van der Waals surface area (Å²) < 4.78 is 29.0. The van der Waals surface area contributed by atoms with Gasteiger partial charge in [-0.1, -0.05) is 18.2 Å². The highest BCUT2D eigenvalue weighted by molar-refractivity contribution is 7.91. The van der Waals surface area contributed by atoms with Gasteiger partial charge in [0.1, 0.15) is 5.75 Å². The van der Waals surface area contributed by atoms with Gasteiger partial charge in [-0.15, -0.1) is 0 Å². The second kappa shape index (κ2) is 5.13. The molecule has 2 unspecified atom stereocenters. The topological polar surface area (TPSA) is 55.4 Å². The third-order valence-electron chi connectivity index (χ3n) is 3.86. The lowest BCUT2D eigenvalue weighted by Gasteiger charge is -2.32. The lowest BCUT2D eigenvalue weighted by atomic mass is 9.99. The molecule has 3 rings (SSSR count). The number of hydrogen-bond acceptors (Lipinski definition) is 4.